The first kappa shape index (κ1) is 266. The molecule has 0 aliphatic carbocycles. The summed E-state index contributed by atoms with van der Waals surface area (Å²) in [7, 11) is 0. The summed E-state index contributed by atoms with van der Waals surface area (Å²) in [5.74, 6) is 0. The van der Waals surface area contributed by atoms with Gasteiger partial charge in [-0.1, -0.05) is 0 Å². The molecule has 0 rings (SSSR count). The fourth-order valence-corrected chi connectivity index (χ4v) is 0. The quantitative estimate of drug-likeness (QED) is 0.222. The van der Waals surface area contributed by atoms with Crippen molar-refractivity contribution < 1.29 is 224 Å². The molecular formula is H14Br6Ce2O7. The Hall–Kier alpha value is 5.35. The van der Waals surface area contributed by atoms with Gasteiger partial charge in [0.15, 0.2) is 0 Å². The third-order valence-corrected chi connectivity index (χ3v) is 0. The van der Waals surface area contributed by atoms with Gasteiger partial charge < -0.3 is 140 Å². The molecule has 0 aliphatic heterocycles. The van der Waals surface area contributed by atoms with Crippen LogP contribution in [0.2, 0.25) is 0 Å². The number of halogens is 6. The third-order valence-electron chi connectivity index (χ3n) is 0. The first-order valence-electron chi connectivity index (χ1n) is 0. The Morgan fingerprint density at radius 1 is 0.200 bits per heavy atom. The molecular weight excluding hydrogens is 872 g/mol. The molecule has 0 unspecified atom stereocenters. The van der Waals surface area contributed by atoms with Crippen molar-refractivity contribution in [3.63, 3.8) is 0 Å². The zero-order chi connectivity index (χ0) is 0. The number of rotatable bonds is 0. The van der Waals surface area contributed by atoms with Crippen LogP contribution in [0.15, 0.2) is 0 Å². The summed E-state index contributed by atoms with van der Waals surface area (Å²) >= 11 is 0. The van der Waals surface area contributed by atoms with E-state index in [9.17, 15) is 0 Å². The van der Waals surface area contributed by atoms with Crippen molar-refractivity contribution in [2.45, 2.75) is 0 Å². The van der Waals surface area contributed by atoms with E-state index in [0.717, 1.165) is 0 Å². The van der Waals surface area contributed by atoms with Crippen LogP contribution in [0.4, 0.5) is 0 Å². The van der Waals surface area contributed by atoms with Crippen molar-refractivity contribution in [3.8, 4) is 0 Å². The van der Waals surface area contributed by atoms with Gasteiger partial charge in [0.2, 0.25) is 0 Å². The Morgan fingerprint density at radius 2 is 0.200 bits per heavy atom. The SMILES string of the molecule is O.O.O.O.O.O.O.[Br-].[Br-].[Br-].[Br-].[Br-].[Br-].[Ce+3].[Ce+3]. The summed E-state index contributed by atoms with van der Waals surface area (Å²) in [5, 5.41) is 0. The number of hydrogen-bond donors (Lipinski definition) is 0. The molecule has 0 aromatic heterocycles. The molecule has 0 spiro atoms. The van der Waals surface area contributed by atoms with Gasteiger partial charge in [0.25, 0.3) is 0 Å². The molecule has 0 saturated carbocycles. The minimum atomic E-state index is 0. The van der Waals surface area contributed by atoms with Crippen LogP contribution >= 0.6 is 0 Å². The van der Waals surface area contributed by atoms with Crippen molar-refractivity contribution in [1.82, 2.24) is 0 Å². The van der Waals surface area contributed by atoms with Gasteiger partial charge in [0.1, 0.15) is 0 Å². The Bertz CT molecular complexity index is 21.4. The minimum absolute atomic E-state index is 0. The van der Waals surface area contributed by atoms with Gasteiger partial charge >= 0.3 is 83.5 Å². The standard InChI is InChI=1S/6BrH.2Ce.7H2O/h6*1H;;;7*1H2/q;;;;;;2*+3;;;;;;;/p-6. The van der Waals surface area contributed by atoms with Gasteiger partial charge in [0, 0.05) is 0 Å². The fraction of sp³-hybridized carbons (Fsp3) is 0. The van der Waals surface area contributed by atoms with Crippen LogP contribution in [0.5, 0.6) is 0 Å². The Labute approximate surface area is 219 Å². The van der Waals surface area contributed by atoms with Crippen LogP contribution in [0.25, 0.3) is 0 Å². The van der Waals surface area contributed by atoms with E-state index in [1.807, 2.05) is 0 Å². The van der Waals surface area contributed by atoms with Crippen molar-refractivity contribution in [2.75, 3.05) is 0 Å². The fourth-order valence-electron chi connectivity index (χ4n) is 0. The molecule has 0 amide bonds. The van der Waals surface area contributed by atoms with Crippen molar-refractivity contribution in [3.05, 3.63) is 0 Å². The van der Waals surface area contributed by atoms with Crippen LogP contribution in [0.1, 0.15) is 0 Å². The van der Waals surface area contributed by atoms with E-state index in [4.69, 9.17) is 0 Å². The van der Waals surface area contributed by atoms with Crippen LogP contribution in [-0.4, -0.2) is 38.3 Å². The summed E-state index contributed by atoms with van der Waals surface area (Å²) < 4.78 is 0. The first-order valence-corrected chi connectivity index (χ1v) is 0. The molecule has 15 heteroatoms. The largest absolute Gasteiger partial charge is 3.00 e. The Kier molecular flexibility index (Phi) is 4030. The van der Waals surface area contributed by atoms with Crippen molar-refractivity contribution in [1.29, 1.82) is 0 Å². The predicted molar refractivity (Wildman–Crippen MR) is 25.3 cm³/mol. The molecule has 106 valence electrons. The van der Waals surface area contributed by atoms with E-state index in [0.29, 0.717) is 0 Å². The molecule has 0 aromatic carbocycles. The molecule has 0 heterocycles. The molecule has 0 atom stereocenters. The van der Waals surface area contributed by atoms with Gasteiger partial charge in [-0.05, 0) is 0 Å². The minimum Gasteiger partial charge on any atom is -1.00 e. The average Bonchev–Trinajstić information content (AvgIpc) is 0. The van der Waals surface area contributed by atoms with Crippen LogP contribution in [0, 0.1) is 83.5 Å². The average molecular weight is 886 g/mol. The molecule has 0 fully saturated rings. The zero-order valence-corrected chi connectivity index (χ0v) is 22.6. The summed E-state index contributed by atoms with van der Waals surface area (Å²) in [6.45, 7) is 0. The topological polar surface area (TPSA) is 220 Å². The smallest absolute Gasteiger partial charge is 1.00 e. The van der Waals surface area contributed by atoms with Crippen LogP contribution in [-0.2, 0) is 0 Å². The van der Waals surface area contributed by atoms with Gasteiger partial charge in [-0.2, -0.15) is 0 Å². The van der Waals surface area contributed by atoms with Gasteiger partial charge in [-0.25, -0.2) is 0 Å². The summed E-state index contributed by atoms with van der Waals surface area (Å²) in [5.41, 5.74) is 0. The van der Waals surface area contributed by atoms with E-state index in [1.165, 1.54) is 0 Å². The number of hydrogen-bond acceptors (Lipinski definition) is 0. The molecule has 7 nitrogen and oxygen atoms in total. The van der Waals surface area contributed by atoms with Crippen molar-refractivity contribution in [2.24, 2.45) is 0 Å². The first-order chi connectivity index (χ1) is 0. The monoisotopic (exact) mass is 879 g/mol. The third kappa shape index (κ3) is 203. The maximum absolute atomic E-state index is 0. The van der Waals surface area contributed by atoms with Gasteiger partial charge in [-0.3, -0.25) is 0 Å². The normalized spacial score (nSPS) is 0. The second-order valence-corrected chi connectivity index (χ2v) is 0. The van der Waals surface area contributed by atoms with Crippen molar-refractivity contribution >= 4 is 0 Å². The van der Waals surface area contributed by atoms with E-state index in [-0.39, 0.29) is 224 Å². The molecule has 2 radical (unpaired) electrons. The van der Waals surface area contributed by atoms with Crippen LogP contribution < -0.4 is 102 Å². The van der Waals surface area contributed by atoms with Crippen LogP contribution in [0.3, 0.4) is 0 Å². The van der Waals surface area contributed by atoms with Gasteiger partial charge in [0.05, 0.1) is 0 Å². The molecule has 14 N–H and O–H groups in total. The maximum atomic E-state index is 0. The molecule has 15 heavy (non-hydrogen) atoms. The second kappa shape index (κ2) is 227. The Balaban J connectivity index is 0. The summed E-state index contributed by atoms with van der Waals surface area (Å²) in [6, 6.07) is 0. The van der Waals surface area contributed by atoms with E-state index in [1.54, 1.807) is 0 Å². The van der Waals surface area contributed by atoms with E-state index < -0.39 is 0 Å². The van der Waals surface area contributed by atoms with E-state index >= 15 is 0 Å². The summed E-state index contributed by atoms with van der Waals surface area (Å²) in [4.78, 5) is 0. The molecule has 0 aromatic rings. The van der Waals surface area contributed by atoms with Gasteiger partial charge in [-0.15, -0.1) is 0 Å². The second-order valence-electron chi connectivity index (χ2n) is 0. The summed E-state index contributed by atoms with van der Waals surface area (Å²) in [6.07, 6.45) is 0. The molecule has 0 saturated heterocycles. The predicted octanol–water partition coefficient (Wildman–Crippen LogP) is -23.7. The molecule has 0 aliphatic rings. The molecule has 0 bridgehead atoms. The van der Waals surface area contributed by atoms with E-state index in [2.05, 4.69) is 0 Å². The maximum Gasteiger partial charge on any atom is 3.00 e. The zero-order valence-electron chi connectivity index (χ0n) is 6.77. The Morgan fingerprint density at radius 3 is 0.200 bits per heavy atom.